The molecule has 3 rings (SSSR count). The number of benzene rings is 2. The Morgan fingerprint density at radius 1 is 0.900 bits per heavy atom. The van der Waals surface area contributed by atoms with Gasteiger partial charge in [0.15, 0.2) is 0 Å². The van der Waals surface area contributed by atoms with Crippen molar-refractivity contribution < 1.29 is 0 Å². The molecular weight excluding hydrogens is 289 g/mol. The first-order valence-electron chi connectivity index (χ1n) is 6.93. The summed E-state index contributed by atoms with van der Waals surface area (Å²) in [6.07, 6.45) is 3.68. The zero-order valence-electron chi connectivity index (χ0n) is 11.4. The van der Waals surface area contributed by atoms with Crippen LogP contribution < -0.4 is 5.32 Å². The minimum absolute atomic E-state index is 0.149. The molecule has 3 heteroatoms. The van der Waals surface area contributed by atoms with Crippen molar-refractivity contribution in [3.8, 4) is 0 Å². The molecule has 104 valence electrons. The largest absolute Gasteiger partial charge is 0.309 e. The van der Waals surface area contributed by atoms with Gasteiger partial charge in [-0.05, 0) is 60.7 Å². The smallest absolute Gasteiger partial charge is 0.0595 e. The van der Waals surface area contributed by atoms with Gasteiger partial charge in [0, 0.05) is 0 Å². The summed E-state index contributed by atoms with van der Waals surface area (Å²) >= 11 is 12.1. The molecule has 0 amide bonds. The predicted molar refractivity (Wildman–Crippen MR) is 85.8 cm³/mol. The molecule has 0 aliphatic heterocycles. The van der Waals surface area contributed by atoms with E-state index in [9.17, 15) is 0 Å². The number of nitrogens with one attached hydrogen (secondary N) is 1. The number of fused-ring (bicyclic) bond motifs is 1. The summed E-state index contributed by atoms with van der Waals surface area (Å²) in [6, 6.07) is 12.8. The second-order valence-corrected chi connectivity index (χ2v) is 6.09. The van der Waals surface area contributed by atoms with E-state index >= 15 is 0 Å². The monoisotopic (exact) mass is 305 g/mol. The van der Waals surface area contributed by atoms with Gasteiger partial charge in [0.25, 0.3) is 0 Å². The Morgan fingerprint density at radius 3 is 2.35 bits per heavy atom. The lowest BCUT2D eigenvalue weighted by Gasteiger charge is -2.19. The molecule has 1 N–H and O–H groups in total. The van der Waals surface area contributed by atoms with E-state index < -0.39 is 0 Å². The Morgan fingerprint density at radius 2 is 1.60 bits per heavy atom. The van der Waals surface area contributed by atoms with Crippen molar-refractivity contribution in [1.29, 1.82) is 0 Å². The number of aryl methyl sites for hydroxylation is 2. The summed E-state index contributed by atoms with van der Waals surface area (Å²) in [5.41, 5.74) is 5.41. The molecule has 0 aromatic heterocycles. The van der Waals surface area contributed by atoms with Crippen LogP contribution >= 0.6 is 23.2 Å². The maximum Gasteiger partial charge on any atom is 0.0595 e. The molecule has 0 saturated carbocycles. The fraction of sp³-hybridized carbons (Fsp3) is 0.294. The van der Waals surface area contributed by atoms with Crippen LogP contribution in [0.3, 0.4) is 0 Å². The topological polar surface area (TPSA) is 12.0 Å². The minimum atomic E-state index is 0.149. The van der Waals surface area contributed by atoms with Crippen molar-refractivity contribution in [2.45, 2.75) is 25.3 Å². The van der Waals surface area contributed by atoms with Gasteiger partial charge in [0.1, 0.15) is 0 Å². The molecule has 1 aliphatic carbocycles. The minimum Gasteiger partial charge on any atom is -0.309 e. The van der Waals surface area contributed by atoms with Crippen molar-refractivity contribution in [2.75, 3.05) is 7.05 Å². The Labute approximate surface area is 129 Å². The van der Waals surface area contributed by atoms with Gasteiger partial charge >= 0.3 is 0 Å². The number of hydrogen-bond acceptors (Lipinski definition) is 1. The van der Waals surface area contributed by atoms with E-state index in [4.69, 9.17) is 23.2 Å². The van der Waals surface area contributed by atoms with Gasteiger partial charge in [0.05, 0.1) is 16.1 Å². The molecule has 1 aliphatic rings. The molecule has 0 bridgehead atoms. The first kappa shape index (κ1) is 13.9. The summed E-state index contributed by atoms with van der Waals surface area (Å²) in [4.78, 5) is 0. The average molecular weight is 306 g/mol. The zero-order valence-corrected chi connectivity index (χ0v) is 12.9. The van der Waals surface area contributed by atoms with Crippen LogP contribution in [0.1, 0.15) is 34.7 Å². The van der Waals surface area contributed by atoms with Gasteiger partial charge in [-0.25, -0.2) is 0 Å². The van der Waals surface area contributed by atoms with Crippen molar-refractivity contribution in [2.24, 2.45) is 0 Å². The van der Waals surface area contributed by atoms with Crippen LogP contribution in [0.2, 0.25) is 10.0 Å². The summed E-state index contributed by atoms with van der Waals surface area (Å²) in [6.45, 7) is 0. The highest BCUT2D eigenvalue weighted by atomic mass is 35.5. The van der Waals surface area contributed by atoms with Gasteiger partial charge in [-0.15, -0.1) is 0 Å². The second kappa shape index (κ2) is 5.77. The van der Waals surface area contributed by atoms with Gasteiger partial charge in [0.2, 0.25) is 0 Å². The molecule has 1 atom stereocenters. The molecule has 20 heavy (non-hydrogen) atoms. The van der Waals surface area contributed by atoms with Gasteiger partial charge < -0.3 is 5.32 Å². The van der Waals surface area contributed by atoms with E-state index in [1.807, 2.05) is 25.2 Å². The van der Waals surface area contributed by atoms with Crippen LogP contribution in [0.4, 0.5) is 0 Å². The van der Waals surface area contributed by atoms with Crippen LogP contribution in [0.25, 0.3) is 0 Å². The molecule has 0 fully saturated rings. The molecule has 1 nitrogen and oxygen atoms in total. The highest BCUT2D eigenvalue weighted by Crippen LogP contribution is 2.31. The zero-order chi connectivity index (χ0) is 14.1. The third kappa shape index (κ3) is 2.58. The van der Waals surface area contributed by atoms with E-state index in [0.717, 1.165) is 5.56 Å². The number of hydrogen-bond donors (Lipinski definition) is 1. The Balaban J connectivity index is 1.98. The fourth-order valence-electron chi connectivity index (χ4n) is 2.99. The number of halogens is 2. The SMILES string of the molecule is CNC(c1ccc(Cl)c(Cl)c1)c1ccc2c(c1)CCC2. The van der Waals surface area contributed by atoms with Crippen LogP contribution in [0.15, 0.2) is 36.4 Å². The molecule has 0 heterocycles. The van der Waals surface area contributed by atoms with E-state index in [-0.39, 0.29) is 6.04 Å². The summed E-state index contributed by atoms with van der Waals surface area (Å²) in [5, 5.41) is 4.57. The molecule has 0 radical (unpaired) electrons. The maximum absolute atomic E-state index is 6.14. The Hall–Kier alpha value is -1.02. The summed E-state index contributed by atoms with van der Waals surface area (Å²) in [5.74, 6) is 0. The van der Waals surface area contributed by atoms with Crippen LogP contribution in [0, 0.1) is 0 Å². The van der Waals surface area contributed by atoms with Crippen LogP contribution in [0.5, 0.6) is 0 Å². The quantitative estimate of drug-likeness (QED) is 0.859. The lowest BCUT2D eigenvalue weighted by Crippen LogP contribution is -2.17. The van der Waals surface area contributed by atoms with Gasteiger partial charge in [-0.1, -0.05) is 47.5 Å². The first-order chi connectivity index (χ1) is 9.69. The summed E-state index contributed by atoms with van der Waals surface area (Å²) in [7, 11) is 1.97. The maximum atomic E-state index is 6.14. The first-order valence-corrected chi connectivity index (χ1v) is 7.68. The van der Waals surface area contributed by atoms with E-state index in [1.165, 1.54) is 36.0 Å². The second-order valence-electron chi connectivity index (χ2n) is 5.28. The lowest BCUT2D eigenvalue weighted by molar-refractivity contribution is 0.691. The van der Waals surface area contributed by atoms with E-state index in [0.29, 0.717) is 10.0 Å². The molecule has 2 aromatic carbocycles. The number of rotatable bonds is 3. The van der Waals surface area contributed by atoms with Crippen LogP contribution in [-0.4, -0.2) is 7.05 Å². The summed E-state index contributed by atoms with van der Waals surface area (Å²) < 4.78 is 0. The lowest BCUT2D eigenvalue weighted by atomic mass is 9.96. The van der Waals surface area contributed by atoms with Crippen molar-refractivity contribution >= 4 is 23.2 Å². The van der Waals surface area contributed by atoms with Gasteiger partial charge in [-0.3, -0.25) is 0 Å². The molecule has 0 spiro atoms. The van der Waals surface area contributed by atoms with Crippen molar-refractivity contribution in [3.05, 3.63) is 68.7 Å². The third-order valence-corrected chi connectivity index (χ3v) is 4.76. The van der Waals surface area contributed by atoms with Crippen LogP contribution in [-0.2, 0) is 12.8 Å². The van der Waals surface area contributed by atoms with Crippen molar-refractivity contribution in [3.63, 3.8) is 0 Å². The van der Waals surface area contributed by atoms with Gasteiger partial charge in [-0.2, -0.15) is 0 Å². The van der Waals surface area contributed by atoms with E-state index in [2.05, 4.69) is 23.5 Å². The molecule has 1 unspecified atom stereocenters. The highest BCUT2D eigenvalue weighted by Gasteiger charge is 2.17. The fourth-order valence-corrected chi connectivity index (χ4v) is 3.30. The molecule has 0 saturated heterocycles. The van der Waals surface area contributed by atoms with E-state index in [1.54, 1.807) is 0 Å². The highest BCUT2D eigenvalue weighted by molar-refractivity contribution is 6.42. The third-order valence-electron chi connectivity index (χ3n) is 4.02. The Bertz CT molecular complexity index is 637. The molecule has 2 aromatic rings. The predicted octanol–water partition coefficient (Wildman–Crippen LogP) is 4.79. The average Bonchev–Trinajstić information content (AvgIpc) is 2.91. The van der Waals surface area contributed by atoms with Crippen molar-refractivity contribution in [1.82, 2.24) is 5.32 Å². The Kier molecular flexibility index (Phi) is 4.02. The molecular formula is C17H17Cl2N. The normalized spacial score (nSPS) is 15.2. The standard InChI is InChI=1S/C17H17Cl2N/c1-20-17(14-7-8-15(18)16(19)10-14)13-6-5-11-3-2-4-12(11)9-13/h5-10,17,20H,2-4H2,1H3.